The van der Waals surface area contributed by atoms with Gasteiger partial charge in [0.15, 0.2) is 11.5 Å². The van der Waals surface area contributed by atoms with Gasteiger partial charge in [-0.1, -0.05) is 6.92 Å². The van der Waals surface area contributed by atoms with Crippen molar-refractivity contribution in [2.75, 3.05) is 13.2 Å². The minimum Gasteiger partial charge on any atom is -0.490 e. The summed E-state index contributed by atoms with van der Waals surface area (Å²) in [6.45, 7) is 4.62. The predicted molar refractivity (Wildman–Crippen MR) is 83.5 cm³/mol. The molecule has 1 fully saturated rings. The van der Waals surface area contributed by atoms with E-state index in [2.05, 4.69) is 40.3 Å². The molecule has 1 aromatic carbocycles. The summed E-state index contributed by atoms with van der Waals surface area (Å²) in [5.74, 6) is 1.72. The van der Waals surface area contributed by atoms with E-state index in [9.17, 15) is 0 Å². The molecular weight excluding hydrogens is 318 g/mol. The first-order valence-electron chi connectivity index (χ1n) is 7.55. The van der Waals surface area contributed by atoms with Gasteiger partial charge in [-0.15, -0.1) is 0 Å². The minimum atomic E-state index is 0.372. The van der Waals surface area contributed by atoms with Crippen LogP contribution in [0.25, 0.3) is 0 Å². The van der Waals surface area contributed by atoms with Crippen LogP contribution in [0.5, 0.6) is 11.5 Å². The molecule has 1 N–H and O–H groups in total. The largest absolute Gasteiger partial charge is 0.490 e. The molecule has 0 spiro atoms. The quantitative estimate of drug-likeness (QED) is 0.898. The lowest BCUT2D eigenvalue weighted by Gasteiger charge is -2.42. The average Bonchev–Trinajstić information content (AvgIpc) is 2.63. The van der Waals surface area contributed by atoms with Gasteiger partial charge in [-0.25, -0.2) is 0 Å². The first-order chi connectivity index (χ1) is 9.72. The molecule has 0 amide bonds. The van der Waals surface area contributed by atoms with Crippen molar-refractivity contribution in [3.8, 4) is 11.5 Å². The van der Waals surface area contributed by atoms with Gasteiger partial charge in [0.1, 0.15) is 0 Å². The Kier molecular flexibility index (Phi) is 4.22. The van der Waals surface area contributed by atoms with E-state index < -0.39 is 0 Å². The molecule has 110 valence electrons. The second kappa shape index (κ2) is 5.94. The monoisotopic (exact) mass is 339 g/mol. The van der Waals surface area contributed by atoms with Crippen LogP contribution in [0.1, 0.15) is 44.6 Å². The average molecular weight is 340 g/mol. The van der Waals surface area contributed by atoms with E-state index in [1.807, 2.05) is 0 Å². The Morgan fingerprint density at radius 2 is 2.00 bits per heavy atom. The summed E-state index contributed by atoms with van der Waals surface area (Å²) in [5, 5.41) is 3.73. The third kappa shape index (κ3) is 2.82. The maximum Gasteiger partial charge on any atom is 0.175 e. The normalized spacial score (nSPS) is 20.1. The van der Waals surface area contributed by atoms with E-state index >= 15 is 0 Å². The molecule has 1 aromatic rings. The van der Waals surface area contributed by atoms with Crippen molar-refractivity contribution < 1.29 is 9.47 Å². The number of benzene rings is 1. The van der Waals surface area contributed by atoms with Crippen LogP contribution in [0.2, 0.25) is 0 Å². The van der Waals surface area contributed by atoms with Crippen LogP contribution in [-0.2, 0) is 6.54 Å². The zero-order chi connectivity index (χ0) is 14.0. The molecule has 0 bridgehead atoms. The molecular formula is C16H22BrNO2. The number of nitrogens with one attached hydrogen (secondary N) is 1. The van der Waals surface area contributed by atoms with Crippen molar-refractivity contribution in [2.45, 2.75) is 51.1 Å². The van der Waals surface area contributed by atoms with Crippen molar-refractivity contribution >= 4 is 15.9 Å². The van der Waals surface area contributed by atoms with Crippen LogP contribution < -0.4 is 14.8 Å². The highest BCUT2D eigenvalue weighted by Crippen LogP contribution is 2.39. The Hall–Kier alpha value is -0.740. The second-order valence-electron chi connectivity index (χ2n) is 5.80. The number of hydrogen-bond donors (Lipinski definition) is 1. The summed E-state index contributed by atoms with van der Waals surface area (Å²) < 4.78 is 12.5. The molecule has 0 radical (unpaired) electrons. The topological polar surface area (TPSA) is 30.5 Å². The first-order valence-corrected chi connectivity index (χ1v) is 8.35. The van der Waals surface area contributed by atoms with Gasteiger partial charge in [0.25, 0.3) is 0 Å². The van der Waals surface area contributed by atoms with E-state index in [1.165, 1.54) is 31.2 Å². The van der Waals surface area contributed by atoms with Gasteiger partial charge in [0, 0.05) is 18.5 Å². The molecule has 1 heterocycles. The molecule has 0 saturated heterocycles. The van der Waals surface area contributed by atoms with E-state index in [0.717, 1.165) is 42.2 Å². The fourth-order valence-corrected chi connectivity index (χ4v) is 3.54. The molecule has 0 unspecified atom stereocenters. The Balaban J connectivity index is 1.74. The maximum absolute atomic E-state index is 5.79. The summed E-state index contributed by atoms with van der Waals surface area (Å²) >= 11 is 3.60. The van der Waals surface area contributed by atoms with Crippen LogP contribution in [0.3, 0.4) is 0 Å². The number of halogens is 1. The number of ether oxygens (including phenoxy) is 2. The number of hydrogen-bond acceptors (Lipinski definition) is 3. The fourth-order valence-electron chi connectivity index (χ4n) is 2.93. The minimum absolute atomic E-state index is 0.372. The van der Waals surface area contributed by atoms with E-state index in [-0.39, 0.29) is 0 Å². The third-order valence-corrected chi connectivity index (χ3v) is 5.11. The molecule has 4 heteroatoms. The lowest BCUT2D eigenvalue weighted by atomic mass is 9.75. The molecule has 1 aliphatic carbocycles. The predicted octanol–water partition coefficient (Wildman–Crippen LogP) is 4.03. The summed E-state index contributed by atoms with van der Waals surface area (Å²) in [6, 6.07) is 4.25. The Morgan fingerprint density at radius 1 is 1.20 bits per heavy atom. The molecule has 20 heavy (non-hydrogen) atoms. The molecule has 0 aromatic heterocycles. The van der Waals surface area contributed by atoms with E-state index in [0.29, 0.717) is 5.54 Å². The van der Waals surface area contributed by atoms with Gasteiger partial charge in [-0.05, 0) is 59.3 Å². The first kappa shape index (κ1) is 14.2. The van der Waals surface area contributed by atoms with Crippen molar-refractivity contribution in [1.82, 2.24) is 5.32 Å². The van der Waals surface area contributed by atoms with E-state index in [4.69, 9.17) is 9.47 Å². The summed E-state index contributed by atoms with van der Waals surface area (Å²) in [4.78, 5) is 0. The number of fused-ring (bicyclic) bond motifs is 1. The standard InChI is InChI=1S/C16H22BrNO2/c1-2-16(5-3-6-16)18-11-12-9-13(17)15-14(10-12)19-7-4-8-20-15/h9-10,18H,2-8,11H2,1H3. The number of rotatable bonds is 4. The van der Waals surface area contributed by atoms with Crippen molar-refractivity contribution in [3.05, 3.63) is 22.2 Å². The highest BCUT2D eigenvalue weighted by atomic mass is 79.9. The maximum atomic E-state index is 5.79. The molecule has 0 atom stereocenters. The van der Waals surface area contributed by atoms with Gasteiger partial charge in [0.2, 0.25) is 0 Å². The van der Waals surface area contributed by atoms with Crippen LogP contribution in [0.15, 0.2) is 16.6 Å². The van der Waals surface area contributed by atoms with Gasteiger partial charge >= 0.3 is 0 Å². The van der Waals surface area contributed by atoms with Gasteiger partial charge in [0.05, 0.1) is 17.7 Å². The summed E-state index contributed by atoms with van der Waals surface area (Å²) in [7, 11) is 0. The summed E-state index contributed by atoms with van der Waals surface area (Å²) in [6.07, 6.45) is 6.10. The Morgan fingerprint density at radius 3 is 2.70 bits per heavy atom. The molecule has 1 saturated carbocycles. The van der Waals surface area contributed by atoms with Crippen LogP contribution >= 0.6 is 15.9 Å². The van der Waals surface area contributed by atoms with Gasteiger partial charge < -0.3 is 14.8 Å². The van der Waals surface area contributed by atoms with E-state index in [1.54, 1.807) is 0 Å². The molecule has 3 rings (SSSR count). The van der Waals surface area contributed by atoms with Gasteiger partial charge in [-0.3, -0.25) is 0 Å². The van der Waals surface area contributed by atoms with Crippen molar-refractivity contribution in [2.24, 2.45) is 0 Å². The molecule has 2 aliphatic rings. The van der Waals surface area contributed by atoms with Crippen LogP contribution in [0.4, 0.5) is 0 Å². The van der Waals surface area contributed by atoms with Crippen molar-refractivity contribution in [3.63, 3.8) is 0 Å². The zero-order valence-corrected chi connectivity index (χ0v) is 13.6. The van der Waals surface area contributed by atoms with Crippen molar-refractivity contribution in [1.29, 1.82) is 0 Å². The van der Waals surface area contributed by atoms with Gasteiger partial charge in [-0.2, -0.15) is 0 Å². The molecule has 1 aliphatic heterocycles. The lowest BCUT2D eigenvalue weighted by molar-refractivity contribution is 0.175. The second-order valence-corrected chi connectivity index (χ2v) is 6.65. The van der Waals surface area contributed by atoms with Crippen LogP contribution in [0, 0.1) is 0 Å². The zero-order valence-electron chi connectivity index (χ0n) is 12.0. The highest BCUT2D eigenvalue weighted by Gasteiger charge is 2.34. The Bertz CT molecular complexity index is 480. The summed E-state index contributed by atoms with van der Waals surface area (Å²) in [5.41, 5.74) is 1.62. The SMILES string of the molecule is CCC1(NCc2cc(Br)c3c(c2)OCCCO3)CCC1. The molecule has 3 nitrogen and oxygen atoms in total. The lowest BCUT2D eigenvalue weighted by Crippen LogP contribution is -2.49. The van der Waals surface area contributed by atoms with Crippen LogP contribution in [-0.4, -0.2) is 18.8 Å². The Labute approximate surface area is 129 Å². The smallest absolute Gasteiger partial charge is 0.175 e. The third-order valence-electron chi connectivity index (χ3n) is 4.52. The highest BCUT2D eigenvalue weighted by molar-refractivity contribution is 9.10. The fraction of sp³-hybridized carbons (Fsp3) is 0.625.